The molecule has 1 saturated heterocycles. The fraction of sp³-hybridized carbons (Fsp3) is 0.440. The number of anilines is 4. The Kier molecular flexibility index (Phi) is 6.29. The second-order valence-electron chi connectivity index (χ2n) is 9.15. The number of benzene rings is 1. The van der Waals surface area contributed by atoms with E-state index in [4.69, 9.17) is 23.9 Å². The van der Waals surface area contributed by atoms with E-state index in [1.54, 1.807) is 13.3 Å². The first-order chi connectivity index (χ1) is 17.8. The molecular weight excluding hydrogens is 460 g/mol. The second-order valence-corrected chi connectivity index (χ2v) is 9.15. The number of aromatic nitrogens is 5. The van der Waals surface area contributed by atoms with Crippen LogP contribution < -0.4 is 20.3 Å². The molecule has 0 amide bonds. The maximum Gasteiger partial charge on any atom is 0.231 e. The van der Waals surface area contributed by atoms with E-state index >= 15 is 0 Å². The van der Waals surface area contributed by atoms with Gasteiger partial charge in [0.25, 0.3) is 0 Å². The van der Waals surface area contributed by atoms with Crippen LogP contribution in [0.3, 0.4) is 0 Å². The summed E-state index contributed by atoms with van der Waals surface area (Å²) in [6.07, 6.45) is 8.99. The third-order valence-corrected chi connectivity index (χ3v) is 6.85. The molecule has 3 N–H and O–H groups in total. The number of fused-ring (bicyclic) bond motifs is 1. The molecule has 2 aliphatic rings. The zero-order valence-electron chi connectivity index (χ0n) is 20.3. The molecule has 4 heterocycles. The van der Waals surface area contributed by atoms with E-state index < -0.39 is 0 Å². The van der Waals surface area contributed by atoms with Gasteiger partial charge in [-0.1, -0.05) is 19.3 Å². The summed E-state index contributed by atoms with van der Waals surface area (Å²) >= 11 is 0. The summed E-state index contributed by atoms with van der Waals surface area (Å²) in [6.45, 7) is 3.18. The number of oxazole rings is 1. The van der Waals surface area contributed by atoms with Gasteiger partial charge in [0.05, 0.1) is 37.6 Å². The quantitative estimate of drug-likeness (QED) is 0.344. The lowest BCUT2D eigenvalue weighted by atomic mass is 9.95. The highest BCUT2D eigenvalue weighted by Gasteiger charge is 2.22. The van der Waals surface area contributed by atoms with Gasteiger partial charge < -0.3 is 29.4 Å². The monoisotopic (exact) mass is 490 g/mol. The Morgan fingerprint density at radius 1 is 1.11 bits per heavy atom. The number of nitrogens with zero attached hydrogens (tertiary/aromatic N) is 5. The molecule has 0 radical (unpaired) electrons. The van der Waals surface area contributed by atoms with Crippen LogP contribution in [-0.2, 0) is 4.74 Å². The average Bonchev–Trinajstić information content (AvgIpc) is 3.60. The summed E-state index contributed by atoms with van der Waals surface area (Å²) in [7, 11) is 1.67. The Bertz CT molecular complexity index is 1310. The summed E-state index contributed by atoms with van der Waals surface area (Å²) in [6, 6.07) is 6.45. The van der Waals surface area contributed by atoms with Gasteiger partial charge >= 0.3 is 0 Å². The molecule has 2 fully saturated rings. The van der Waals surface area contributed by atoms with E-state index in [0.717, 1.165) is 61.7 Å². The Hall–Kier alpha value is -3.86. The first kappa shape index (κ1) is 22.6. The fourth-order valence-electron chi connectivity index (χ4n) is 4.96. The highest BCUT2D eigenvalue weighted by Crippen LogP contribution is 2.35. The molecular formula is C25H30N8O3. The van der Waals surface area contributed by atoms with Crippen molar-refractivity contribution in [3.05, 3.63) is 30.8 Å². The van der Waals surface area contributed by atoms with E-state index in [1.807, 2.05) is 12.1 Å². The summed E-state index contributed by atoms with van der Waals surface area (Å²) in [5, 5.41) is 15.3. The molecule has 3 aromatic heterocycles. The molecule has 1 aromatic carbocycles. The van der Waals surface area contributed by atoms with E-state index in [9.17, 15) is 0 Å². The SMILES string of the molecule is COc1cc(N2CCOCC2)ccc1Nc1nc(NC2CCCCC2)c2c(-c3cnco3)[nH]nc2n1. The van der Waals surface area contributed by atoms with E-state index in [-0.39, 0.29) is 0 Å². The number of morpholine rings is 1. The van der Waals surface area contributed by atoms with E-state index in [1.165, 1.54) is 25.7 Å². The van der Waals surface area contributed by atoms with Gasteiger partial charge in [0.15, 0.2) is 17.8 Å². The zero-order valence-corrected chi connectivity index (χ0v) is 20.3. The third kappa shape index (κ3) is 4.53. The van der Waals surface area contributed by atoms with Crippen molar-refractivity contribution in [1.29, 1.82) is 0 Å². The van der Waals surface area contributed by atoms with Crippen molar-refractivity contribution in [1.82, 2.24) is 25.1 Å². The second kappa shape index (κ2) is 10.0. The van der Waals surface area contributed by atoms with Crippen LogP contribution in [0.1, 0.15) is 32.1 Å². The van der Waals surface area contributed by atoms with Crippen molar-refractivity contribution in [2.45, 2.75) is 38.1 Å². The predicted molar refractivity (Wildman–Crippen MR) is 137 cm³/mol. The maximum atomic E-state index is 5.71. The smallest absolute Gasteiger partial charge is 0.231 e. The molecule has 1 aliphatic heterocycles. The topological polar surface area (TPSA) is 126 Å². The molecule has 0 unspecified atom stereocenters. The number of methoxy groups -OCH3 is 1. The van der Waals surface area contributed by atoms with Crippen LogP contribution in [0.5, 0.6) is 5.75 Å². The van der Waals surface area contributed by atoms with Gasteiger partial charge in [-0.05, 0) is 25.0 Å². The van der Waals surface area contributed by atoms with Gasteiger partial charge in [0.1, 0.15) is 17.3 Å². The van der Waals surface area contributed by atoms with Crippen LogP contribution in [0, 0.1) is 0 Å². The van der Waals surface area contributed by atoms with Crippen molar-refractivity contribution < 1.29 is 13.9 Å². The lowest BCUT2D eigenvalue weighted by Crippen LogP contribution is -2.36. The highest BCUT2D eigenvalue weighted by atomic mass is 16.5. The Balaban J connectivity index is 1.34. The molecule has 11 heteroatoms. The van der Waals surface area contributed by atoms with Crippen molar-refractivity contribution >= 4 is 34.2 Å². The van der Waals surface area contributed by atoms with Crippen molar-refractivity contribution in [2.75, 3.05) is 48.9 Å². The minimum absolute atomic E-state index is 0.351. The number of hydrogen-bond acceptors (Lipinski definition) is 10. The first-order valence-electron chi connectivity index (χ1n) is 12.5. The number of H-pyrrole nitrogens is 1. The first-order valence-corrected chi connectivity index (χ1v) is 12.5. The summed E-state index contributed by atoms with van der Waals surface area (Å²) in [5.74, 6) is 2.47. The van der Waals surface area contributed by atoms with Gasteiger partial charge in [-0.25, -0.2) is 4.98 Å². The summed E-state index contributed by atoms with van der Waals surface area (Å²) in [5.41, 5.74) is 3.13. The third-order valence-electron chi connectivity index (χ3n) is 6.85. The van der Waals surface area contributed by atoms with Gasteiger partial charge in [-0.15, -0.1) is 0 Å². The van der Waals surface area contributed by atoms with Crippen LogP contribution in [-0.4, -0.2) is 64.6 Å². The Morgan fingerprint density at radius 2 is 1.97 bits per heavy atom. The van der Waals surface area contributed by atoms with Gasteiger partial charge in [0.2, 0.25) is 5.95 Å². The minimum Gasteiger partial charge on any atom is -0.494 e. The standard InChI is InChI=1S/C25H30N8O3/c1-34-19-13-17(33-9-11-35-12-10-33)7-8-18(19)28-25-29-23(27-16-5-3-2-4-6-16)21-22(20-14-26-15-36-20)31-32-24(21)30-25/h7-8,13-16H,2-6,9-12H2,1H3,(H3,27,28,29,30,31,32). The number of hydrogen-bond donors (Lipinski definition) is 3. The molecule has 11 nitrogen and oxygen atoms in total. The lowest BCUT2D eigenvalue weighted by molar-refractivity contribution is 0.122. The molecule has 1 saturated carbocycles. The summed E-state index contributed by atoms with van der Waals surface area (Å²) < 4.78 is 16.7. The van der Waals surface area contributed by atoms with Crippen LogP contribution >= 0.6 is 0 Å². The summed E-state index contributed by atoms with van der Waals surface area (Å²) in [4.78, 5) is 15.9. The van der Waals surface area contributed by atoms with Gasteiger partial charge in [0, 0.05) is 30.9 Å². The van der Waals surface area contributed by atoms with Crippen LogP contribution in [0.25, 0.3) is 22.5 Å². The molecule has 6 rings (SSSR count). The molecule has 0 atom stereocenters. The number of nitrogens with one attached hydrogen (secondary N) is 3. The predicted octanol–water partition coefficient (Wildman–Crippen LogP) is 4.34. The van der Waals surface area contributed by atoms with Gasteiger partial charge in [-0.3, -0.25) is 5.10 Å². The molecule has 0 bridgehead atoms. The minimum atomic E-state index is 0.351. The molecule has 1 aliphatic carbocycles. The highest BCUT2D eigenvalue weighted by molar-refractivity contribution is 5.98. The van der Waals surface area contributed by atoms with E-state index in [2.05, 4.69) is 36.8 Å². The number of rotatable bonds is 7. The molecule has 4 aromatic rings. The van der Waals surface area contributed by atoms with Crippen molar-refractivity contribution in [3.63, 3.8) is 0 Å². The number of aromatic amines is 1. The zero-order chi connectivity index (χ0) is 24.3. The normalized spacial score (nSPS) is 16.9. The van der Waals surface area contributed by atoms with Crippen molar-refractivity contribution in [2.24, 2.45) is 0 Å². The Morgan fingerprint density at radius 3 is 2.75 bits per heavy atom. The maximum absolute atomic E-state index is 5.71. The van der Waals surface area contributed by atoms with Crippen LogP contribution in [0.4, 0.5) is 23.1 Å². The average molecular weight is 491 g/mol. The molecule has 36 heavy (non-hydrogen) atoms. The van der Waals surface area contributed by atoms with Crippen molar-refractivity contribution in [3.8, 4) is 17.2 Å². The molecule has 0 spiro atoms. The Labute approximate surface area is 208 Å². The van der Waals surface area contributed by atoms with Crippen LogP contribution in [0.15, 0.2) is 35.2 Å². The largest absolute Gasteiger partial charge is 0.494 e. The lowest BCUT2D eigenvalue weighted by Gasteiger charge is -2.29. The van der Waals surface area contributed by atoms with Crippen LogP contribution in [0.2, 0.25) is 0 Å². The van der Waals surface area contributed by atoms with Gasteiger partial charge in [-0.2, -0.15) is 15.1 Å². The van der Waals surface area contributed by atoms with E-state index in [0.29, 0.717) is 34.8 Å². The fourth-order valence-corrected chi connectivity index (χ4v) is 4.96. The number of ether oxygens (including phenoxy) is 2. The molecule has 188 valence electrons.